The lowest BCUT2D eigenvalue weighted by Gasteiger charge is -2.39. The number of aliphatic hydroxyl groups excluding tert-OH is 5. The summed E-state index contributed by atoms with van der Waals surface area (Å²) in [5.74, 6) is -0.633. The number of aliphatic hydroxyl groups is 5. The minimum Gasteiger partial charge on any atom is -0.493 e. The molecular weight excluding hydrogens is 604 g/mol. The molecule has 4 unspecified atom stereocenters. The van der Waals surface area contributed by atoms with Crippen LogP contribution in [0.15, 0.2) is 24.5 Å². The average Bonchev–Trinajstić information content (AvgIpc) is 3.04. The van der Waals surface area contributed by atoms with Crippen LogP contribution >= 0.6 is 0 Å². The monoisotopic (exact) mass is 651 g/mol. The molecule has 4 atom stereocenters. The maximum Gasteiger partial charge on any atom is 0.227 e. The molecule has 2 fully saturated rings. The number of carbonyl (C=O) groups excluding carboxylic acids is 1. The van der Waals surface area contributed by atoms with Gasteiger partial charge in [-0.3, -0.25) is 4.79 Å². The highest BCUT2D eigenvalue weighted by Gasteiger charge is 2.33. The van der Waals surface area contributed by atoms with Gasteiger partial charge in [0.1, 0.15) is 35.7 Å². The number of anilines is 1. The highest BCUT2D eigenvalue weighted by molar-refractivity contribution is 5.79. The minimum atomic E-state index is -1.70. The van der Waals surface area contributed by atoms with Crippen LogP contribution in [0.3, 0.4) is 0 Å². The first kappa shape index (κ1) is 35.8. The van der Waals surface area contributed by atoms with Crippen LogP contribution in [0.4, 0.5) is 14.7 Å². The van der Waals surface area contributed by atoms with Crippen LogP contribution in [-0.2, 0) is 17.6 Å². The Morgan fingerprint density at radius 3 is 2.26 bits per heavy atom. The molecule has 0 saturated carbocycles. The first-order valence-electron chi connectivity index (χ1n) is 16.1. The highest BCUT2D eigenvalue weighted by atomic mass is 19.1. The second-order valence-electron chi connectivity index (χ2n) is 12.3. The lowest BCUT2D eigenvalue weighted by molar-refractivity contribution is -0.136. The van der Waals surface area contributed by atoms with Crippen LogP contribution in [-0.4, -0.2) is 123 Å². The summed E-state index contributed by atoms with van der Waals surface area (Å²) >= 11 is 0. The summed E-state index contributed by atoms with van der Waals surface area (Å²) in [6.07, 6.45) is 1.67. The van der Waals surface area contributed by atoms with Crippen LogP contribution in [0.1, 0.15) is 43.7 Å². The van der Waals surface area contributed by atoms with Gasteiger partial charge in [-0.15, -0.1) is 0 Å². The van der Waals surface area contributed by atoms with E-state index in [1.165, 1.54) is 4.90 Å². The number of benzene rings is 1. The molecular formula is C32H47F2N5O7. The Balaban J connectivity index is 1.11. The maximum absolute atomic E-state index is 14.8. The van der Waals surface area contributed by atoms with Gasteiger partial charge in [-0.05, 0) is 43.6 Å². The van der Waals surface area contributed by atoms with E-state index in [2.05, 4.69) is 27.1 Å². The predicted molar refractivity (Wildman–Crippen MR) is 165 cm³/mol. The van der Waals surface area contributed by atoms with Gasteiger partial charge in [-0.2, -0.15) is 0 Å². The molecule has 256 valence electrons. The van der Waals surface area contributed by atoms with E-state index in [0.717, 1.165) is 68.8 Å². The van der Waals surface area contributed by atoms with Gasteiger partial charge < -0.3 is 45.4 Å². The van der Waals surface area contributed by atoms with Crippen molar-refractivity contribution in [3.63, 3.8) is 0 Å². The molecule has 0 radical (unpaired) electrons. The van der Waals surface area contributed by atoms with Crippen molar-refractivity contribution in [2.45, 2.75) is 69.9 Å². The molecule has 14 heteroatoms. The standard InChI is InChI=1S/C32H47F2N5O7/c1-2-20-14-36-32(37-15-20)38-7-5-21(6-8-38)4-3-9-46-23-10-25(33)24(26(34)11-23)12-29(43)39-17-22(18-39)13-35-16-27(41)30(44)31(45)28(42)19-40/h10-11,14-15,21-22,27-28,30-31,35,40-42,44-45H,2-9,12-13,16-19H2,1H3. The van der Waals surface area contributed by atoms with Gasteiger partial charge in [-0.25, -0.2) is 18.7 Å². The fraction of sp³-hybridized carbons (Fsp3) is 0.656. The van der Waals surface area contributed by atoms with Crippen LogP contribution in [0.2, 0.25) is 0 Å². The molecule has 1 aromatic carbocycles. The fourth-order valence-electron chi connectivity index (χ4n) is 5.79. The number of hydrogen-bond donors (Lipinski definition) is 6. The van der Waals surface area contributed by atoms with Crippen LogP contribution in [0.25, 0.3) is 0 Å². The van der Waals surface area contributed by atoms with E-state index in [1.807, 2.05) is 12.4 Å². The van der Waals surface area contributed by atoms with Gasteiger partial charge in [-0.1, -0.05) is 6.92 Å². The third-order valence-electron chi connectivity index (χ3n) is 8.89. The van der Waals surface area contributed by atoms with E-state index in [-0.39, 0.29) is 23.8 Å². The molecule has 0 bridgehead atoms. The maximum atomic E-state index is 14.8. The first-order chi connectivity index (χ1) is 22.1. The number of rotatable bonds is 17. The number of nitrogens with zero attached hydrogens (tertiary/aromatic N) is 4. The van der Waals surface area contributed by atoms with Gasteiger partial charge in [0.25, 0.3) is 0 Å². The number of amides is 1. The predicted octanol–water partition coefficient (Wildman–Crippen LogP) is 0.419. The second-order valence-corrected chi connectivity index (χ2v) is 12.3. The number of hydrogen-bond acceptors (Lipinski definition) is 11. The molecule has 4 rings (SSSR count). The minimum absolute atomic E-state index is 0.0335. The van der Waals surface area contributed by atoms with Crippen LogP contribution in [0, 0.1) is 23.5 Å². The molecule has 1 aromatic heterocycles. The third kappa shape index (κ3) is 9.75. The Kier molecular flexibility index (Phi) is 13.4. The third-order valence-corrected chi connectivity index (χ3v) is 8.89. The van der Waals surface area contributed by atoms with Crippen molar-refractivity contribution in [3.8, 4) is 5.75 Å². The van der Waals surface area contributed by atoms with Crippen LogP contribution < -0.4 is 15.0 Å². The number of nitrogens with one attached hydrogen (secondary N) is 1. The number of aryl methyl sites for hydroxylation is 1. The molecule has 2 aliphatic rings. The van der Waals surface area contributed by atoms with E-state index in [0.29, 0.717) is 32.2 Å². The van der Waals surface area contributed by atoms with Gasteiger partial charge >= 0.3 is 0 Å². The zero-order valence-electron chi connectivity index (χ0n) is 26.3. The van der Waals surface area contributed by atoms with Gasteiger partial charge in [0, 0.05) is 75.3 Å². The SMILES string of the molecule is CCc1cnc(N2CCC(CCCOc3cc(F)c(CC(=O)N4CC(CNCC(O)C(O)C(O)C(O)CO)C4)c(F)c3)CC2)nc1. The number of piperidine rings is 1. The van der Waals surface area contributed by atoms with Crippen molar-refractivity contribution >= 4 is 11.9 Å². The lowest BCUT2D eigenvalue weighted by atomic mass is 9.92. The van der Waals surface area contributed by atoms with Crippen molar-refractivity contribution in [1.82, 2.24) is 20.2 Å². The summed E-state index contributed by atoms with van der Waals surface area (Å²) in [5.41, 5.74) is 0.810. The molecule has 2 aromatic rings. The molecule has 1 amide bonds. The van der Waals surface area contributed by atoms with Crippen molar-refractivity contribution in [1.29, 1.82) is 0 Å². The van der Waals surface area contributed by atoms with E-state index in [1.54, 1.807) is 0 Å². The average molecular weight is 652 g/mol. The van der Waals surface area contributed by atoms with E-state index in [4.69, 9.17) is 9.84 Å². The summed E-state index contributed by atoms with van der Waals surface area (Å²) in [6, 6.07) is 2.24. The molecule has 2 aliphatic heterocycles. The smallest absolute Gasteiger partial charge is 0.227 e. The van der Waals surface area contributed by atoms with Crippen molar-refractivity contribution in [2.75, 3.05) is 57.4 Å². The lowest BCUT2D eigenvalue weighted by Crippen LogP contribution is -2.55. The van der Waals surface area contributed by atoms with E-state index >= 15 is 0 Å². The molecule has 46 heavy (non-hydrogen) atoms. The number of halogens is 2. The molecule has 0 spiro atoms. The van der Waals surface area contributed by atoms with Gasteiger partial charge in [0.15, 0.2) is 0 Å². The first-order valence-corrected chi connectivity index (χ1v) is 16.1. The summed E-state index contributed by atoms with van der Waals surface area (Å²) < 4.78 is 35.2. The number of carbonyl (C=O) groups is 1. The Morgan fingerprint density at radius 2 is 1.65 bits per heavy atom. The number of aromatic nitrogens is 2. The number of likely N-dealkylation sites (tertiary alicyclic amines) is 1. The van der Waals surface area contributed by atoms with Gasteiger partial charge in [0.2, 0.25) is 11.9 Å². The zero-order chi connectivity index (χ0) is 33.2. The number of ether oxygens (including phenoxy) is 1. The van der Waals surface area contributed by atoms with Crippen LogP contribution in [0.5, 0.6) is 5.75 Å². The summed E-state index contributed by atoms with van der Waals surface area (Å²) in [7, 11) is 0. The summed E-state index contributed by atoms with van der Waals surface area (Å²) in [6.45, 7) is 4.46. The largest absolute Gasteiger partial charge is 0.493 e. The quantitative estimate of drug-likeness (QED) is 0.131. The van der Waals surface area contributed by atoms with Crippen molar-refractivity contribution in [3.05, 3.63) is 47.3 Å². The Hall–Kier alpha value is -3.01. The van der Waals surface area contributed by atoms with Crippen molar-refractivity contribution in [2.24, 2.45) is 11.8 Å². The molecule has 12 nitrogen and oxygen atoms in total. The molecule has 6 N–H and O–H groups in total. The van der Waals surface area contributed by atoms with E-state index < -0.39 is 55.0 Å². The Morgan fingerprint density at radius 1 is 1.02 bits per heavy atom. The molecule has 3 heterocycles. The summed E-state index contributed by atoms with van der Waals surface area (Å²) in [4.78, 5) is 25.3. The van der Waals surface area contributed by atoms with E-state index in [9.17, 15) is 34.0 Å². The normalized spacial score (nSPS) is 18.6. The van der Waals surface area contributed by atoms with Crippen molar-refractivity contribution < 1.29 is 43.8 Å². The fourth-order valence-corrected chi connectivity index (χ4v) is 5.79. The second kappa shape index (κ2) is 17.2. The molecule has 0 aliphatic carbocycles. The Bertz CT molecular complexity index is 1220. The summed E-state index contributed by atoms with van der Waals surface area (Å²) in [5, 5.41) is 50.6. The topological polar surface area (TPSA) is 172 Å². The zero-order valence-corrected chi connectivity index (χ0v) is 26.3. The highest BCUT2D eigenvalue weighted by Crippen LogP contribution is 2.26. The Labute approximate surface area is 268 Å². The molecule has 2 saturated heterocycles. The van der Waals surface area contributed by atoms with Gasteiger partial charge in [0.05, 0.1) is 25.7 Å².